The Morgan fingerprint density at radius 2 is 2.05 bits per heavy atom. The number of anilines is 2. The van der Waals surface area contributed by atoms with Crippen molar-refractivity contribution in [1.82, 2.24) is 5.32 Å². The average Bonchev–Trinajstić information content (AvgIpc) is 2.38. The van der Waals surface area contributed by atoms with E-state index in [1.807, 2.05) is 26.8 Å². The van der Waals surface area contributed by atoms with Crippen LogP contribution in [-0.4, -0.2) is 29.5 Å². The van der Waals surface area contributed by atoms with E-state index in [1.54, 1.807) is 26.0 Å². The first-order valence-corrected chi connectivity index (χ1v) is 7.36. The molecule has 1 heterocycles. The normalized spacial score (nSPS) is 18.6. The van der Waals surface area contributed by atoms with Crippen molar-refractivity contribution < 1.29 is 14.3 Å². The Hall–Kier alpha value is -2.24. The number of rotatable bonds is 3. The fraction of sp³-hybridized carbons (Fsp3) is 0.500. The molecule has 1 aliphatic heterocycles. The fourth-order valence-electron chi connectivity index (χ4n) is 2.09. The van der Waals surface area contributed by atoms with E-state index in [4.69, 9.17) is 4.74 Å². The van der Waals surface area contributed by atoms with Gasteiger partial charge in [0.1, 0.15) is 11.8 Å². The van der Waals surface area contributed by atoms with E-state index in [9.17, 15) is 9.59 Å². The van der Waals surface area contributed by atoms with Crippen LogP contribution in [0.1, 0.15) is 34.6 Å². The van der Waals surface area contributed by atoms with Gasteiger partial charge in [-0.1, -0.05) is 0 Å². The van der Waals surface area contributed by atoms with Crippen molar-refractivity contribution in [3.05, 3.63) is 18.2 Å². The van der Waals surface area contributed by atoms with Gasteiger partial charge in [0.25, 0.3) is 5.91 Å². The molecule has 1 aromatic rings. The Morgan fingerprint density at radius 1 is 1.36 bits per heavy atom. The molecule has 2 amide bonds. The number of nitrogens with one attached hydrogen (secondary N) is 3. The molecule has 0 saturated carbocycles. The second-order valence-electron chi connectivity index (χ2n) is 6.57. The zero-order valence-electron chi connectivity index (χ0n) is 13.6. The van der Waals surface area contributed by atoms with E-state index in [2.05, 4.69) is 16.0 Å². The Bertz CT molecular complexity index is 593. The molecule has 2 rings (SSSR count). The van der Waals surface area contributed by atoms with Crippen LogP contribution < -0.4 is 20.7 Å². The largest absolute Gasteiger partial charge is 0.479 e. The van der Waals surface area contributed by atoms with Crippen molar-refractivity contribution in [3.8, 4) is 5.75 Å². The predicted octanol–water partition coefficient (Wildman–Crippen LogP) is 2.12. The molecule has 2 atom stereocenters. The number of carbonyl (C=O) groups excluding carboxylic acids is 2. The van der Waals surface area contributed by atoms with E-state index >= 15 is 0 Å². The molecule has 6 nitrogen and oxygen atoms in total. The van der Waals surface area contributed by atoms with Crippen LogP contribution in [0.25, 0.3) is 0 Å². The van der Waals surface area contributed by atoms with Gasteiger partial charge in [0, 0.05) is 11.2 Å². The molecule has 0 fully saturated rings. The van der Waals surface area contributed by atoms with Gasteiger partial charge < -0.3 is 20.7 Å². The number of fused-ring (bicyclic) bond motifs is 1. The SMILES string of the molecule is C[C@@H]1Oc2ccc(N[C@H](C)C(=O)NC(C)(C)C)cc2NC1=O. The van der Waals surface area contributed by atoms with E-state index in [1.165, 1.54) is 0 Å². The summed E-state index contributed by atoms with van der Waals surface area (Å²) in [5, 5.41) is 8.83. The molecule has 0 aromatic heterocycles. The topological polar surface area (TPSA) is 79.5 Å². The van der Waals surface area contributed by atoms with Gasteiger partial charge in [0.2, 0.25) is 5.91 Å². The zero-order valence-corrected chi connectivity index (χ0v) is 13.6. The van der Waals surface area contributed by atoms with Gasteiger partial charge in [-0.05, 0) is 52.8 Å². The highest BCUT2D eigenvalue weighted by Crippen LogP contribution is 2.32. The Labute approximate surface area is 130 Å². The summed E-state index contributed by atoms with van der Waals surface area (Å²) in [5.74, 6) is 0.367. The highest BCUT2D eigenvalue weighted by atomic mass is 16.5. The summed E-state index contributed by atoms with van der Waals surface area (Å²) in [7, 11) is 0. The number of ether oxygens (including phenoxy) is 1. The van der Waals surface area contributed by atoms with Crippen LogP contribution in [0.15, 0.2) is 18.2 Å². The van der Waals surface area contributed by atoms with E-state index in [-0.39, 0.29) is 17.4 Å². The maximum Gasteiger partial charge on any atom is 0.265 e. The van der Waals surface area contributed by atoms with Gasteiger partial charge in [-0.2, -0.15) is 0 Å². The van der Waals surface area contributed by atoms with Crippen LogP contribution in [0.2, 0.25) is 0 Å². The second-order valence-corrected chi connectivity index (χ2v) is 6.57. The lowest BCUT2D eigenvalue weighted by atomic mass is 10.1. The Balaban J connectivity index is 2.07. The summed E-state index contributed by atoms with van der Waals surface area (Å²) in [6.45, 7) is 9.29. The zero-order chi connectivity index (χ0) is 16.5. The van der Waals surface area contributed by atoms with E-state index in [0.29, 0.717) is 11.4 Å². The third-order valence-electron chi connectivity index (χ3n) is 3.19. The van der Waals surface area contributed by atoms with Crippen LogP contribution in [0.4, 0.5) is 11.4 Å². The van der Waals surface area contributed by atoms with Gasteiger partial charge in [0.05, 0.1) is 5.69 Å². The minimum absolute atomic E-state index is 0.0841. The highest BCUT2D eigenvalue weighted by molar-refractivity contribution is 5.98. The van der Waals surface area contributed by atoms with Crippen molar-refractivity contribution in [2.75, 3.05) is 10.6 Å². The lowest BCUT2D eigenvalue weighted by Gasteiger charge is -2.26. The molecule has 22 heavy (non-hydrogen) atoms. The lowest BCUT2D eigenvalue weighted by molar-refractivity contribution is -0.123. The number of hydrogen-bond acceptors (Lipinski definition) is 4. The number of carbonyl (C=O) groups is 2. The first kappa shape index (κ1) is 16.1. The summed E-state index contributed by atoms with van der Waals surface area (Å²) in [5.41, 5.74) is 1.08. The van der Waals surface area contributed by atoms with Gasteiger partial charge in [-0.3, -0.25) is 9.59 Å². The quantitative estimate of drug-likeness (QED) is 0.799. The van der Waals surface area contributed by atoms with Gasteiger partial charge in [-0.15, -0.1) is 0 Å². The molecule has 0 saturated heterocycles. The first-order chi connectivity index (χ1) is 10.2. The summed E-state index contributed by atoms with van der Waals surface area (Å²) in [6, 6.07) is 4.97. The minimum atomic E-state index is -0.497. The van der Waals surface area contributed by atoms with Crippen LogP contribution in [0.3, 0.4) is 0 Å². The molecule has 0 bridgehead atoms. The molecule has 1 aliphatic rings. The molecule has 6 heteroatoms. The standard InChI is InChI=1S/C16H23N3O3/c1-9(14(20)19-16(3,4)5)17-11-6-7-13-12(8-11)18-15(21)10(2)22-13/h6-10,17H,1-5H3,(H,18,21)(H,19,20)/t9-,10+/m1/s1. The third-order valence-corrected chi connectivity index (χ3v) is 3.19. The Kier molecular flexibility index (Phi) is 4.30. The molecule has 0 unspecified atom stereocenters. The van der Waals surface area contributed by atoms with Gasteiger partial charge in [0.15, 0.2) is 6.10 Å². The van der Waals surface area contributed by atoms with Crippen LogP contribution >= 0.6 is 0 Å². The van der Waals surface area contributed by atoms with Crippen LogP contribution in [0.5, 0.6) is 5.75 Å². The van der Waals surface area contributed by atoms with E-state index < -0.39 is 12.1 Å². The minimum Gasteiger partial charge on any atom is -0.479 e. The third kappa shape index (κ3) is 3.90. The van der Waals surface area contributed by atoms with Crippen molar-refractivity contribution in [2.24, 2.45) is 0 Å². The summed E-state index contributed by atoms with van der Waals surface area (Å²) >= 11 is 0. The molecule has 0 aliphatic carbocycles. The monoisotopic (exact) mass is 305 g/mol. The molecule has 120 valence electrons. The second kappa shape index (κ2) is 5.87. The summed E-state index contributed by atoms with van der Waals surface area (Å²) in [6.07, 6.45) is -0.497. The summed E-state index contributed by atoms with van der Waals surface area (Å²) in [4.78, 5) is 23.7. The van der Waals surface area contributed by atoms with Crippen molar-refractivity contribution in [1.29, 1.82) is 0 Å². The van der Waals surface area contributed by atoms with Crippen molar-refractivity contribution in [2.45, 2.75) is 52.3 Å². The maximum absolute atomic E-state index is 12.1. The number of hydrogen-bond donors (Lipinski definition) is 3. The molecule has 0 radical (unpaired) electrons. The number of benzene rings is 1. The lowest BCUT2D eigenvalue weighted by Crippen LogP contribution is -2.47. The van der Waals surface area contributed by atoms with Crippen LogP contribution in [0, 0.1) is 0 Å². The van der Waals surface area contributed by atoms with E-state index in [0.717, 1.165) is 5.69 Å². The molecule has 3 N–H and O–H groups in total. The predicted molar refractivity (Wildman–Crippen MR) is 86.1 cm³/mol. The molecular formula is C16H23N3O3. The Morgan fingerprint density at radius 3 is 2.68 bits per heavy atom. The van der Waals surface area contributed by atoms with Crippen molar-refractivity contribution in [3.63, 3.8) is 0 Å². The average molecular weight is 305 g/mol. The molecule has 0 spiro atoms. The molecular weight excluding hydrogens is 282 g/mol. The highest BCUT2D eigenvalue weighted by Gasteiger charge is 2.24. The molecule has 1 aromatic carbocycles. The summed E-state index contributed by atoms with van der Waals surface area (Å²) < 4.78 is 5.50. The number of amides is 2. The van der Waals surface area contributed by atoms with Crippen LogP contribution in [-0.2, 0) is 9.59 Å². The van der Waals surface area contributed by atoms with Gasteiger partial charge >= 0.3 is 0 Å². The first-order valence-electron chi connectivity index (χ1n) is 7.36. The van der Waals surface area contributed by atoms with Gasteiger partial charge in [-0.25, -0.2) is 0 Å². The smallest absolute Gasteiger partial charge is 0.265 e. The van der Waals surface area contributed by atoms with Crippen molar-refractivity contribution >= 4 is 23.2 Å². The maximum atomic E-state index is 12.1. The fourth-order valence-corrected chi connectivity index (χ4v) is 2.09.